The third-order valence-corrected chi connectivity index (χ3v) is 2.28. The molecule has 0 spiro atoms. The quantitative estimate of drug-likeness (QED) is 0.517. The predicted octanol–water partition coefficient (Wildman–Crippen LogP) is 3.01. The van der Waals surface area contributed by atoms with Crippen molar-refractivity contribution in [1.29, 1.82) is 0 Å². The summed E-state index contributed by atoms with van der Waals surface area (Å²) in [5, 5.41) is 10.4. The Morgan fingerprint density at radius 2 is 2.07 bits per heavy atom. The number of hydrogen-bond acceptors (Lipinski definition) is 5. The molecule has 0 aliphatic rings. The molecule has 1 aromatic heterocycles. The molecule has 0 radical (unpaired) electrons. The van der Waals surface area contributed by atoms with Gasteiger partial charge >= 0.3 is 0 Å². The monoisotopic (exact) mass is 227 g/mol. The Bertz CT molecular complexity index is 360. The van der Waals surface area contributed by atoms with Crippen LogP contribution in [-0.4, -0.2) is 10.2 Å². The predicted molar refractivity (Wildman–Crippen MR) is 67.3 cm³/mol. The van der Waals surface area contributed by atoms with E-state index >= 15 is 0 Å². The summed E-state index contributed by atoms with van der Waals surface area (Å²) < 4.78 is 0. The SMILES string of the molecule is Cc1ccc(N)cc1.ONc1nccs1.[HH].[HH]. The first-order valence-corrected chi connectivity index (χ1v) is 5.22. The number of rotatable bonds is 1. The molecule has 4 N–H and O–H groups in total. The Labute approximate surface area is 95.3 Å². The van der Waals surface area contributed by atoms with Crippen molar-refractivity contribution in [3.8, 4) is 0 Å². The van der Waals surface area contributed by atoms with Gasteiger partial charge in [-0.25, -0.2) is 10.5 Å². The number of nitrogens with zero attached hydrogens (tertiary/aromatic N) is 1. The van der Waals surface area contributed by atoms with Crippen LogP contribution >= 0.6 is 11.3 Å². The molecule has 0 bridgehead atoms. The zero-order valence-electron chi connectivity index (χ0n) is 8.34. The van der Waals surface area contributed by atoms with Crippen molar-refractivity contribution in [3.63, 3.8) is 0 Å². The highest BCUT2D eigenvalue weighted by atomic mass is 32.1. The lowest BCUT2D eigenvalue weighted by molar-refractivity contribution is 0.388. The Kier molecular flexibility index (Phi) is 4.59. The number of thiazole rings is 1. The summed E-state index contributed by atoms with van der Waals surface area (Å²) in [6, 6.07) is 7.79. The number of aryl methyl sites for hydroxylation is 1. The Balaban J connectivity index is 0. The summed E-state index contributed by atoms with van der Waals surface area (Å²) in [5.74, 6) is 0. The van der Waals surface area contributed by atoms with E-state index in [1.165, 1.54) is 16.9 Å². The zero-order valence-corrected chi connectivity index (χ0v) is 9.16. The molecule has 0 amide bonds. The number of aromatic nitrogens is 1. The molecule has 2 aromatic rings. The second-order valence-corrected chi connectivity index (χ2v) is 3.75. The molecule has 0 saturated carbocycles. The maximum Gasteiger partial charge on any atom is 0.206 e. The van der Waals surface area contributed by atoms with E-state index in [1.807, 2.05) is 36.7 Å². The van der Waals surface area contributed by atoms with Crippen LogP contribution in [0.1, 0.15) is 8.42 Å². The van der Waals surface area contributed by atoms with Gasteiger partial charge in [-0.2, -0.15) is 0 Å². The van der Waals surface area contributed by atoms with Gasteiger partial charge in [-0.05, 0) is 19.1 Å². The topological polar surface area (TPSA) is 71.2 Å². The van der Waals surface area contributed by atoms with Gasteiger partial charge in [-0.3, -0.25) is 5.21 Å². The Morgan fingerprint density at radius 1 is 1.40 bits per heavy atom. The molecule has 2 rings (SSSR count). The highest BCUT2D eigenvalue weighted by Crippen LogP contribution is 2.07. The van der Waals surface area contributed by atoms with Gasteiger partial charge in [0.25, 0.3) is 0 Å². The van der Waals surface area contributed by atoms with Crippen LogP contribution in [0.2, 0.25) is 0 Å². The van der Waals surface area contributed by atoms with Crippen molar-refractivity contribution in [2.75, 3.05) is 11.2 Å². The number of nitrogens with one attached hydrogen (secondary N) is 1. The van der Waals surface area contributed by atoms with Crippen LogP contribution in [0.3, 0.4) is 0 Å². The molecule has 0 fully saturated rings. The largest absolute Gasteiger partial charge is 0.399 e. The second-order valence-electron chi connectivity index (χ2n) is 2.86. The standard InChI is InChI=1S/C7H9N.C3H4N2OS.2H2/c1-6-2-4-7(8)5-3-6;6-5-3-4-1-2-7-3;;/h2-5H,8H2,1H3;1-2,6H,(H,4,5);2*1H. The highest BCUT2D eigenvalue weighted by Gasteiger charge is 1.84. The second kappa shape index (κ2) is 6.00. The van der Waals surface area contributed by atoms with Crippen molar-refractivity contribution >= 4 is 22.2 Å². The van der Waals surface area contributed by atoms with E-state index < -0.39 is 0 Å². The van der Waals surface area contributed by atoms with Gasteiger partial charge in [0, 0.05) is 20.1 Å². The molecule has 0 saturated heterocycles. The molecule has 5 heteroatoms. The number of anilines is 2. The molecule has 4 nitrogen and oxygen atoms in total. The van der Waals surface area contributed by atoms with Gasteiger partial charge in [0.15, 0.2) is 0 Å². The first-order valence-electron chi connectivity index (χ1n) is 4.34. The highest BCUT2D eigenvalue weighted by molar-refractivity contribution is 7.13. The van der Waals surface area contributed by atoms with Crippen molar-refractivity contribution < 1.29 is 8.06 Å². The molecule has 84 valence electrons. The van der Waals surface area contributed by atoms with Gasteiger partial charge in [0.2, 0.25) is 5.13 Å². The van der Waals surface area contributed by atoms with E-state index in [1.54, 1.807) is 11.6 Å². The van der Waals surface area contributed by atoms with E-state index in [2.05, 4.69) is 4.98 Å². The van der Waals surface area contributed by atoms with Gasteiger partial charge in [-0.1, -0.05) is 17.7 Å². The summed E-state index contributed by atoms with van der Waals surface area (Å²) in [4.78, 5) is 3.69. The van der Waals surface area contributed by atoms with Crippen LogP contribution in [0.4, 0.5) is 10.8 Å². The lowest BCUT2D eigenvalue weighted by Crippen LogP contribution is -1.84. The third-order valence-electron chi connectivity index (χ3n) is 1.61. The van der Waals surface area contributed by atoms with Gasteiger partial charge in [-0.15, -0.1) is 11.3 Å². The van der Waals surface area contributed by atoms with Gasteiger partial charge in [0.1, 0.15) is 0 Å². The zero-order chi connectivity index (χ0) is 11.1. The maximum absolute atomic E-state index is 8.12. The van der Waals surface area contributed by atoms with Crippen molar-refractivity contribution in [2.24, 2.45) is 0 Å². The average Bonchev–Trinajstić information content (AvgIpc) is 2.76. The van der Waals surface area contributed by atoms with Crippen LogP contribution < -0.4 is 11.2 Å². The van der Waals surface area contributed by atoms with Crippen molar-refractivity contribution in [3.05, 3.63) is 41.4 Å². The first-order chi connectivity index (χ1) is 7.22. The van der Waals surface area contributed by atoms with E-state index in [9.17, 15) is 0 Å². The molecule has 0 atom stereocenters. The van der Waals surface area contributed by atoms with Crippen molar-refractivity contribution in [1.82, 2.24) is 4.98 Å². The molecule has 15 heavy (non-hydrogen) atoms. The van der Waals surface area contributed by atoms with Crippen LogP contribution in [0.15, 0.2) is 35.8 Å². The molecular weight excluding hydrogens is 210 g/mol. The first kappa shape index (κ1) is 11.5. The lowest BCUT2D eigenvalue weighted by Gasteiger charge is -1.90. The molecular formula is C10H17N3OS. The van der Waals surface area contributed by atoms with E-state index in [0.717, 1.165) is 5.69 Å². The molecule has 0 unspecified atom stereocenters. The van der Waals surface area contributed by atoms with Crippen LogP contribution in [0.25, 0.3) is 0 Å². The summed E-state index contributed by atoms with van der Waals surface area (Å²) in [7, 11) is 0. The van der Waals surface area contributed by atoms with E-state index in [-0.39, 0.29) is 2.85 Å². The number of nitrogens with two attached hydrogens (primary N) is 1. The minimum atomic E-state index is 0. The fourth-order valence-electron chi connectivity index (χ4n) is 0.845. The minimum absolute atomic E-state index is 0. The van der Waals surface area contributed by atoms with E-state index in [4.69, 9.17) is 10.9 Å². The summed E-state index contributed by atoms with van der Waals surface area (Å²) in [6.45, 7) is 2.04. The van der Waals surface area contributed by atoms with E-state index in [0.29, 0.717) is 5.13 Å². The fourth-order valence-corrected chi connectivity index (χ4v) is 1.27. The summed E-state index contributed by atoms with van der Waals surface area (Å²) >= 11 is 1.35. The molecule has 1 heterocycles. The third kappa shape index (κ3) is 4.44. The average molecular weight is 227 g/mol. The molecule has 1 aromatic carbocycles. The van der Waals surface area contributed by atoms with Crippen LogP contribution in [0.5, 0.6) is 0 Å². The van der Waals surface area contributed by atoms with Crippen LogP contribution in [-0.2, 0) is 0 Å². The van der Waals surface area contributed by atoms with Crippen LogP contribution in [0, 0.1) is 6.92 Å². The molecule has 0 aliphatic heterocycles. The van der Waals surface area contributed by atoms with Gasteiger partial charge < -0.3 is 5.73 Å². The number of nitrogen functional groups attached to an aromatic ring is 1. The van der Waals surface area contributed by atoms with Gasteiger partial charge in [0.05, 0.1) is 0 Å². The summed E-state index contributed by atoms with van der Waals surface area (Å²) in [5.41, 5.74) is 9.42. The van der Waals surface area contributed by atoms with Crippen molar-refractivity contribution in [2.45, 2.75) is 6.92 Å². The fraction of sp³-hybridized carbons (Fsp3) is 0.100. The maximum atomic E-state index is 8.12. The number of hydrogen-bond donors (Lipinski definition) is 3. The lowest BCUT2D eigenvalue weighted by atomic mass is 10.2. The summed E-state index contributed by atoms with van der Waals surface area (Å²) in [6.07, 6.45) is 1.61. The normalized spacial score (nSPS) is 8.93. The smallest absolute Gasteiger partial charge is 0.206 e. The Morgan fingerprint density at radius 3 is 2.40 bits per heavy atom. The number of benzene rings is 1. The minimum Gasteiger partial charge on any atom is -0.399 e. The molecule has 0 aliphatic carbocycles. The Hall–Kier alpha value is -1.59.